The highest BCUT2D eigenvalue weighted by molar-refractivity contribution is 5.95. The summed E-state index contributed by atoms with van der Waals surface area (Å²) in [7, 11) is 1.64. The lowest BCUT2D eigenvalue weighted by Gasteiger charge is -2.32. The number of methoxy groups -OCH3 is 1. The average molecular weight is 490 g/mol. The highest BCUT2D eigenvalue weighted by Crippen LogP contribution is 2.37. The molecule has 37 heavy (non-hydrogen) atoms. The summed E-state index contributed by atoms with van der Waals surface area (Å²) < 4.78 is 17.3. The van der Waals surface area contributed by atoms with Gasteiger partial charge in [0.15, 0.2) is 0 Å². The van der Waals surface area contributed by atoms with Crippen molar-refractivity contribution >= 4 is 11.0 Å². The van der Waals surface area contributed by atoms with Crippen molar-refractivity contribution in [1.29, 1.82) is 0 Å². The maximum absolute atomic E-state index is 12.7. The molecule has 0 saturated heterocycles. The summed E-state index contributed by atoms with van der Waals surface area (Å²) >= 11 is 0. The minimum atomic E-state index is -0.379. The first-order valence-corrected chi connectivity index (χ1v) is 12.4. The zero-order valence-electron chi connectivity index (χ0n) is 20.6. The van der Waals surface area contributed by atoms with Gasteiger partial charge in [0.1, 0.15) is 23.8 Å². The summed E-state index contributed by atoms with van der Waals surface area (Å²) in [5.41, 5.74) is 5.38. The van der Waals surface area contributed by atoms with Gasteiger partial charge in [0.05, 0.1) is 12.7 Å². The third kappa shape index (κ3) is 4.61. The molecular formula is C32H27NO4. The van der Waals surface area contributed by atoms with E-state index in [0.717, 1.165) is 40.1 Å². The van der Waals surface area contributed by atoms with Crippen LogP contribution in [0.15, 0.2) is 112 Å². The van der Waals surface area contributed by atoms with Gasteiger partial charge in [-0.2, -0.15) is 0 Å². The molecule has 0 fully saturated rings. The number of hydrogen-bond acceptors (Lipinski definition) is 5. The van der Waals surface area contributed by atoms with E-state index in [0.29, 0.717) is 18.9 Å². The second kappa shape index (κ2) is 9.96. The zero-order valence-corrected chi connectivity index (χ0v) is 20.6. The second-order valence-corrected chi connectivity index (χ2v) is 9.29. The largest absolute Gasteiger partial charge is 0.497 e. The van der Waals surface area contributed by atoms with Gasteiger partial charge in [0.2, 0.25) is 0 Å². The van der Waals surface area contributed by atoms with Crippen molar-refractivity contribution in [3.63, 3.8) is 0 Å². The van der Waals surface area contributed by atoms with Crippen LogP contribution >= 0.6 is 0 Å². The van der Waals surface area contributed by atoms with Crippen molar-refractivity contribution in [2.45, 2.75) is 12.5 Å². The van der Waals surface area contributed by atoms with Crippen LogP contribution in [-0.4, -0.2) is 25.3 Å². The first-order chi connectivity index (χ1) is 18.2. The summed E-state index contributed by atoms with van der Waals surface area (Å²) in [6.07, 6.45) is 0. The summed E-state index contributed by atoms with van der Waals surface area (Å²) in [5, 5.41) is 0.886. The van der Waals surface area contributed by atoms with Gasteiger partial charge in [-0.1, -0.05) is 72.8 Å². The van der Waals surface area contributed by atoms with E-state index in [2.05, 4.69) is 53.4 Å². The SMILES string of the molecule is COc1ccc(-c2cc(=O)oc3c4c(ccc23)OCN(CC(c2ccccc2)c2ccccc2)C4)cc1. The molecule has 184 valence electrons. The van der Waals surface area contributed by atoms with Crippen LogP contribution in [0, 0.1) is 0 Å². The van der Waals surface area contributed by atoms with E-state index in [9.17, 15) is 4.79 Å². The lowest BCUT2D eigenvalue weighted by molar-refractivity contribution is 0.0926. The third-order valence-electron chi connectivity index (χ3n) is 7.00. The first kappa shape index (κ1) is 23.1. The van der Waals surface area contributed by atoms with Crippen molar-refractivity contribution in [1.82, 2.24) is 4.90 Å². The van der Waals surface area contributed by atoms with Gasteiger partial charge in [-0.05, 0) is 46.5 Å². The standard InChI is InChI=1S/C32H27NO4/c1-35-25-14-12-24(13-15-25)27-18-31(34)37-32-26(27)16-17-30-29(32)20-33(21-36-30)19-28(22-8-4-2-5-9-22)23-10-6-3-7-11-23/h2-18,28H,19-21H2,1H3. The summed E-state index contributed by atoms with van der Waals surface area (Å²) in [5.74, 6) is 1.71. The Bertz CT molecular complexity index is 1540. The van der Waals surface area contributed by atoms with Crippen LogP contribution in [0.2, 0.25) is 0 Å². The van der Waals surface area contributed by atoms with Crippen molar-refractivity contribution < 1.29 is 13.9 Å². The molecule has 1 aliphatic rings. The smallest absolute Gasteiger partial charge is 0.336 e. The molecule has 0 unspecified atom stereocenters. The summed E-state index contributed by atoms with van der Waals surface area (Å²) in [6.45, 7) is 1.86. The molecule has 2 heterocycles. The number of ether oxygens (including phenoxy) is 2. The Balaban J connectivity index is 1.37. The summed E-state index contributed by atoms with van der Waals surface area (Å²) in [6, 6.07) is 34.3. The monoisotopic (exact) mass is 489 g/mol. The molecule has 0 saturated carbocycles. The number of hydrogen-bond donors (Lipinski definition) is 0. The van der Waals surface area contributed by atoms with E-state index in [4.69, 9.17) is 13.9 Å². The number of fused-ring (bicyclic) bond motifs is 3. The van der Waals surface area contributed by atoms with E-state index in [-0.39, 0.29) is 11.5 Å². The minimum Gasteiger partial charge on any atom is -0.497 e. The second-order valence-electron chi connectivity index (χ2n) is 9.29. The van der Waals surface area contributed by atoms with Gasteiger partial charge in [0, 0.05) is 30.5 Å². The van der Waals surface area contributed by atoms with Crippen molar-refractivity contribution in [2.75, 3.05) is 20.4 Å². The van der Waals surface area contributed by atoms with Gasteiger partial charge >= 0.3 is 5.63 Å². The minimum absolute atomic E-state index is 0.185. The van der Waals surface area contributed by atoms with Crippen LogP contribution in [0.4, 0.5) is 0 Å². The molecule has 0 amide bonds. The Morgan fingerprint density at radius 1 is 0.865 bits per heavy atom. The predicted octanol–water partition coefficient (Wildman–Crippen LogP) is 6.45. The molecule has 0 spiro atoms. The first-order valence-electron chi connectivity index (χ1n) is 12.4. The molecule has 0 bridgehead atoms. The van der Waals surface area contributed by atoms with E-state index >= 15 is 0 Å². The van der Waals surface area contributed by atoms with E-state index in [1.54, 1.807) is 13.2 Å². The quantitative estimate of drug-likeness (QED) is 0.257. The van der Waals surface area contributed by atoms with Gasteiger partial charge < -0.3 is 13.9 Å². The highest BCUT2D eigenvalue weighted by atomic mass is 16.5. The maximum Gasteiger partial charge on any atom is 0.336 e. The predicted molar refractivity (Wildman–Crippen MR) is 145 cm³/mol. The molecule has 0 radical (unpaired) electrons. The van der Waals surface area contributed by atoms with Gasteiger partial charge in [-0.3, -0.25) is 4.90 Å². The van der Waals surface area contributed by atoms with Crippen LogP contribution in [0.5, 0.6) is 11.5 Å². The van der Waals surface area contributed by atoms with Crippen LogP contribution in [0.25, 0.3) is 22.1 Å². The van der Waals surface area contributed by atoms with Crippen molar-refractivity contribution in [3.05, 3.63) is 130 Å². The fourth-order valence-electron chi connectivity index (χ4n) is 5.14. The maximum atomic E-state index is 12.7. The van der Waals surface area contributed by atoms with Crippen LogP contribution in [-0.2, 0) is 6.54 Å². The Hall–Kier alpha value is -4.35. The molecule has 5 nitrogen and oxygen atoms in total. The van der Waals surface area contributed by atoms with E-state index in [1.165, 1.54) is 11.1 Å². The zero-order chi connectivity index (χ0) is 25.2. The van der Waals surface area contributed by atoms with E-state index in [1.807, 2.05) is 48.5 Å². The molecule has 1 aromatic heterocycles. The molecule has 5 heteroatoms. The fraction of sp³-hybridized carbons (Fsp3) is 0.156. The Kier molecular flexibility index (Phi) is 6.21. The Morgan fingerprint density at radius 3 is 2.19 bits per heavy atom. The van der Waals surface area contributed by atoms with Crippen molar-refractivity contribution in [3.8, 4) is 22.6 Å². The molecule has 4 aromatic carbocycles. The normalized spacial score (nSPS) is 13.4. The van der Waals surface area contributed by atoms with Crippen LogP contribution < -0.4 is 15.1 Å². The van der Waals surface area contributed by atoms with E-state index < -0.39 is 0 Å². The van der Waals surface area contributed by atoms with Crippen LogP contribution in [0.3, 0.4) is 0 Å². The molecule has 0 atom stereocenters. The molecule has 5 aromatic rings. The van der Waals surface area contributed by atoms with Crippen LogP contribution in [0.1, 0.15) is 22.6 Å². The molecular weight excluding hydrogens is 462 g/mol. The number of rotatable bonds is 6. The lowest BCUT2D eigenvalue weighted by atomic mass is 9.90. The van der Waals surface area contributed by atoms with Crippen molar-refractivity contribution in [2.24, 2.45) is 0 Å². The summed E-state index contributed by atoms with van der Waals surface area (Å²) in [4.78, 5) is 14.9. The van der Waals surface area contributed by atoms with Gasteiger partial charge in [-0.15, -0.1) is 0 Å². The Morgan fingerprint density at radius 2 is 1.54 bits per heavy atom. The molecule has 0 aliphatic carbocycles. The molecule has 0 N–H and O–H groups in total. The fourth-order valence-corrected chi connectivity index (χ4v) is 5.14. The lowest BCUT2D eigenvalue weighted by Crippen LogP contribution is -2.35. The average Bonchev–Trinajstić information content (AvgIpc) is 2.96. The number of nitrogens with zero attached hydrogens (tertiary/aromatic N) is 1. The van der Waals surface area contributed by atoms with Gasteiger partial charge in [0.25, 0.3) is 0 Å². The topological polar surface area (TPSA) is 51.9 Å². The molecule has 1 aliphatic heterocycles. The highest BCUT2D eigenvalue weighted by Gasteiger charge is 2.26. The van der Waals surface area contributed by atoms with Gasteiger partial charge in [-0.25, -0.2) is 4.79 Å². The number of benzene rings is 4. The third-order valence-corrected chi connectivity index (χ3v) is 7.00. The Labute approximate surface area is 215 Å². The molecule has 6 rings (SSSR count).